The summed E-state index contributed by atoms with van der Waals surface area (Å²) in [6.07, 6.45) is 2.69. The normalized spacial score (nSPS) is 15.8. The Hall–Kier alpha value is -3.40. The van der Waals surface area contributed by atoms with Crippen LogP contribution in [0.5, 0.6) is 0 Å². The number of carbonyl (C=O) groups excluding carboxylic acids is 1. The zero-order valence-corrected chi connectivity index (χ0v) is 20.2. The van der Waals surface area contributed by atoms with Crippen LogP contribution in [0.25, 0.3) is 16.9 Å². The molecule has 0 bridgehead atoms. The SMILES string of the molecule is CN(C)C=O.Cc1cc(C)cc(-n2c(N3CCCC(N)C3)nc3c2c(=O)n(C)c(=O)n3C)c1. The van der Waals surface area contributed by atoms with Crippen LogP contribution in [-0.4, -0.2) is 63.2 Å². The topological polar surface area (TPSA) is 111 Å². The number of nitrogens with two attached hydrogens (primary N) is 1. The molecular weight excluding hydrogens is 422 g/mol. The Kier molecular flexibility index (Phi) is 7.06. The molecule has 10 nitrogen and oxygen atoms in total. The first-order valence-corrected chi connectivity index (χ1v) is 10.9. The standard InChI is InChI=1S/C20H26N6O2.C3H7NO/c1-12-8-13(2)10-15(9-12)26-16-17(23(3)20(28)24(4)18(16)27)22-19(26)25-7-5-6-14(21)11-25;1-4(2)3-5/h8-10,14H,5-7,11,21H2,1-4H3;3H,1-2H3. The summed E-state index contributed by atoms with van der Waals surface area (Å²) in [4.78, 5) is 43.3. The van der Waals surface area contributed by atoms with Gasteiger partial charge in [-0.2, -0.15) is 4.98 Å². The Labute approximate surface area is 192 Å². The fourth-order valence-corrected chi connectivity index (χ4v) is 4.11. The maximum absolute atomic E-state index is 13.1. The smallest absolute Gasteiger partial charge is 0.332 e. The Balaban J connectivity index is 0.000000555. The number of piperidine rings is 1. The number of amides is 1. The number of carbonyl (C=O) groups is 1. The molecule has 3 heterocycles. The Bertz CT molecular complexity index is 1270. The summed E-state index contributed by atoms with van der Waals surface area (Å²) in [7, 11) is 6.52. The van der Waals surface area contributed by atoms with E-state index in [2.05, 4.69) is 11.0 Å². The molecule has 2 aromatic heterocycles. The van der Waals surface area contributed by atoms with Gasteiger partial charge < -0.3 is 15.5 Å². The van der Waals surface area contributed by atoms with E-state index in [1.807, 2.05) is 30.5 Å². The number of nitrogens with zero attached hydrogens (tertiary/aromatic N) is 6. The monoisotopic (exact) mass is 455 g/mol. The van der Waals surface area contributed by atoms with Crippen LogP contribution in [0.3, 0.4) is 0 Å². The predicted molar refractivity (Wildman–Crippen MR) is 130 cm³/mol. The third kappa shape index (κ3) is 4.85. The molecule has 1 aliphatic heterocycles. The van der Waals surface area contributed by atoms with Crippen LogP contribution in [0.4, 0.5) is 5.95 Å². The fraction of sp³-hybridized carbons (Fsp3) is 0.478. The number of aryl methyl sites for hydroxylation is 3. The number of anilines is 1. The second-order valence-corrected chi connectivity index (χ2v) is 8.89. The molecule has 0 aliphatic carbocycles. The number of hydrogen-bond acceptors (Lipinski definition) is 6. The van der Waals surface area contributed by atoms with Crippen LogP contribution in [-0.2, 0) is 18.9 Å². The lowest BCUT2D eigenvalue weighted by Gasteiger charge is -2.32. The van der Waals surface area contributed by atoms with E-state index in [1.54, 1.807) is 21.1 Å². The summed E-state index contributed by atoms with van der Waals surface area (Å²) < 4.78 is 4.45. The third-order valence-electron chi connectivity index (χ3n) is 5.66. The lowest BCUT2D eigenvalue weighted by Crippen LogP contribution is -2.44. The van der Waals surface area contributed by atoms with Gasteiger partial charge in [0.2, 0.25) is 12.4 Å². The third-order valence-corrected chi connectivity index (χ3v) is 5.66. The summed E-state index contributed by atoms with van der Waals surface area (Å²) in [5.41, 5.74) is 9.32. The average molecular weight is 456 g/mol. The minimum Gasteiger partial charge on any atom is -0.351 e. The molecule has 1 aromatic carbocycles. The molecule has 0 saturated carbocycles. The first kappa shape index (κ1) is 24.2. The number of benzene rings is 1. The highest BCUT2D eigenvalue weighted by Gasteiger charge is 2.26. The van der Waals surface area contributed by atoms with Gasteiger partial charge >= 0.3 is 5.69 Å². The molecule has 33 heavy (non-hydrogen) atoms. The van der Waals surface area contributed by atoms with E-state index >= 15 is 0 Å². The van der Waals surface area contributed by atoms with Crippen molar-refractivity contribution in [2.75, 3.05) is 32.1 Å². The fourth-order valence-electron chi connectivity index (χ4n) is 4.11. The minimum atomic E-state index is -0.385. The Morgan fingerprint density at radius 3 is 2.24 bits per heavy atom. The van der Waals surface area contributed by atoms with E-state index in [1.165, 1.54) is 16.5 Å². The lowest BCUT2D eigenvalue weighted by molar-refractivity contribution is -0.115. The molecule has 2 N–H and O–H groups in total. The van der Waals surface area contributed by atoms with E-state index < -0.39 is 0 Å². The van der Waals surface area contributed by atoms with Gasteiger partial charge in [-0.3, -0.25) is 23.3 Å². The average Bonchev–Trinajstić information content (AvgIpc) is 3.17. The van der Waals surface area contributed by atoms with Gasteiger partial charge in [-0.25, -0.2) is 4.79 Å². The van der Waals surface area contributed by atoms with Crippen molar-refractivity contribution < 1.29 is 4.79 Å². The molecule has 3 aromatic rings. The van der Waals surface area contributed by atoms with Crippen LogP contribution in [0, 0.1) is 13.8 Å². The molecule has 1 fully saturated rings. The van der Waals surface area contributed by atoms with Crippen LogP contribution < -0.4 is 21.9 Å². The van der Waals surface area contributed by atoms with Gasteiger partial charge in [0.05, 0.1) is 0 Å². The first-order chi connectivity index (χ1) is 15.5. The lowest BCUT2D eigenvalue weighted by atomic mass is 10.1. The Morgan fingerprint density at radius 2 is 1.70 bits per heavy atom. The van der Waals surface area contributed by atoms with Crippen LogP contribution in [0.15, 0.2) is 27.8 Å². The number of rotatable bonds is 3. The summed E-state index contributed by atoms with van der Waals surface area (Å²) in [6.45, 7) is 5.54. The van der Waals surface area contributed by atoms with Gasteiger partial charge in [0, 0.05) is 53.0 Å². The Morgan fingerprint density at radius 1 is 1.09 bits per heavy atom. The second kappa shape index (κ2) is 9.62. The van der Waals surface area contributed by atoms with Gasteiger partial charge in [0.25, 0.3) is 5.56 Å². The molecule has 1 saturated heterocycles. The predicted octanol–water partition coefficient (Wildman–Crippen LogP) is 0.672. The highest BCUT2D eigenvalue weighted by Crippen LogP contribution is 2.27. The maximum atomic E-state index is 13.1. The van der Waals surface area contributed by atoms with Crippen molar-refractivity contribution in [3.8, 4) is 5.69 Å². The molecule has 1 atom stereocenters. The van der Waals surface area contributed by atoms with Gasteiger partial charge in [-0.05, 0) is 49.9 Å². The van der Waals surface area contributed by atoms with E-state index in [9.17, 15) is 14.4 Å². The second-order valence-electron chi connectivity index (χ2n) is 8.89. The van der Waals surface area contributed by atoms with Gasteiger partial charge in [0.1, 0.15) is 0 Å². The van der Waals surface area contributed by atoms with Crippen molar-refractivity contribution in [1.29, 1.82) is 0 Å². The summed E-state index contributed by atoms with van der Waals surface area (Å²) in [6, 6.07) is 6.22. The molecule has 0 spiro atoms. The van der Waals surface area contributed by atoms with Crippen LogP contribution >= 0.6 is 0 Å². The zero-order valence-electron chi connectivity index (χ0n) is 20.2. The van der Waals surface area contributed by atoms with Crippen molar-refractivity contribution in [3.63, 3.8) is 0 Å². The van der Waals surface area contributed by atoms with E-state index in [0.717, 1.165) is 47.2 Å². The largest absolute Gasteiger partial charge is 0.351 e. The number of aromatic nitrogens is 4. The van der Waals surface area contributed by atoms with Crippen molar-refractivity contribution in [1.82, 2.24) is 23.6 Å². The summed E-state index contributed by atoms with van der Waals surface area (Å²) in [5, 5.41) is 0. The molecule has 1 aliphatic rings. The van der Waals surface area contributed by atoms with E-state index in [0.29, 0.717) is 23.7 Å². The van der Waals surface area contributed by atoms with Gasteiger partial charge in [-0.15, -0.1) is 0 Å². The van der Waals surface area contributed by atoms with Crippen LogP contribution in [0.2, 0.25) is 0 Å². The van der Waals surface area contributed by atoms with Crippen molar-refractivity contribution >= 4 is 23.5 Å². The first-order valence-electron chi connectivity index (χ1n) is 10.9. The summed E-state index contributed by atoms with van der Waals surface area (Å²) in [5.74, 6) is 0.661. The van der Waals surface area contributed by atoms with Crippen LogP contribution in [0.1, 0.15) is 24.0 Å². The van der Waals surface area contributed by atoms with Crippen molar-refractivity contribution in [2.24, 2.45) is 19.8 Å². The molecular formula is C23H33N7O3. The highest BCUT2D eigenvalue weighted by atomic mass is 16.2. The summed E-state index contributed by atoms with van der Waals surface area (Å²) >= 11 is 0. The number of imidazole rings is 1. The molecule has 1 amide bonds. The quantitative estimate of drug-likeness (QED) is 0.581. The molecule has 10 heteroatoms. The molecule has 4 rings (SSSR count). The van der Waals surface area contributed by atoms with Gasteiger partial charge in [-0.1, -0.05) is 6.07 Å². The minimum absolute atomic E-state index is 0.0629. The van der Waals surface area contributed by atoms with E-state index in [-0.39, 0.29) is 17.3 Å². The number of fused-ring (bicyclic) bond motifs is 1. The van der Waals surface area contributed by atoms with E-state index in [4.69, 9.17) is 10.7 Å². The molecule has 178 valence electrons. The molecule has 0 radical (unpaired) electrons. The maximum Gasteiger partial charge on any atom is 0.332 e. The highest BCUT2D eigenvalue weighted by molar-refractivity contribution is 5.78. The van der Waals surface area contributed by atoms with Gasteiger partial charge in [0.15, 0.2) is 11.2 Å². The number of hydrogen-bond donors (Lipinski definition) is 1. The molecule has 1 unspecified atom stereocenters. The zero-order chi connectivity index (χ0) is 24.4. The van der Waals surface area contributed by atoms with Crippen molar-refractivity contribution in [3.05, 3.63) is 50.2 Å². The van der Waals surface area contributed by atoms with Crippen molar-refractivity contribution in [2.45, 2.75) is 32.7 Å².